The number of aromatic hydroxyl groups is 1. The molecule has 0 aliphatic carbocycles. The third-order valence-electron chi connectivity index (χ3n) is 12.7. The third-order valence-corrected chi connectivity index (χ3v) is 12.7. The number of pyridine rings is 1. The summed E-state index contributed by atoms with van der Waals surface area (Å²) in [6, 6.07) is 12.3. The highest BCUT2D eigenvalue weighted by Gasteiger charge is 2.40. The summed E-state index contributed by atoms with van der Waals surface area (Å²) < 4.78 is 8.24. The molecule has 5 heterocycles. The van der Waals surface area contributed by atoms with Crippen molar-refractivity contribution < 1.29 is 33.8 Å². The smallest absolute Gasteiger partial charge is 0.324 e. The summed E-state index contributed by atoms with van der Waals surface area (Å²) in [6.45, 7) is 14.9. The molecule has 2 fully saturated rings. The van der Waals surface area contributed by atoms with Gasteiger partial charge in [-0.3, -0.25) is 34.0 Å². The topological polar surface area (TPSA) is 190 Å². The first-order valence-electron chi connectivity index (χ1n) is 22.1. The molecule has 2 saturated heterocycles. The minimum Gasteiger partial charge on any atom is -0.508 e. The number of nitrogens with zero attached hydrogens (tertiary/aromatic N) is 6. The van der Waals surface area contributed by atoms with Gasteiger partial charge in [-0.05, 0) is 97.2 Å². The Balaban J connectivity index is 1.30. The summed E-state index contributed by atoms with van der Waals surface area (Å²) in [5.74, 6) is -2.95. The number of cyclic esters (lactones) is 1. The number of likely N-dealkylation sites (N-methyl/N-ethyl adjacent to an activating group) is 1. The van der Waals surface area contributed by atoms with E-state index in [0.717, 1.165) is 33.3 Å². The van der Waals surface area contributed by atoms with Crippen molar-refractivity contribution in [1.82, 2.24) is 35.1 Å². The Morgan fingerprint density at radius 1 is 1.09 bits per heavy atom. The Labute approximate surface area is 374 Å². The van der Waals surface area contributed by atoms with E-state index in [1.165, 1.54) is 22.2 Å². The highest BCUT2D eigenvalue weighted by Crippen LogP contribution is 2.40. The number of aryl methyl sites for hydroxylation is 1. The number of hydrazine groups is 1. The number of hydrogen-bond acceptors (Lipinski definition) is 10. The standard InChI is InChI=1S/C49H58N8O7/c1-8-42(59)55-16-14-33(27-55)46(61)54(7)43(29(3)4)45(60)52-40-20-30-17-34(21-36(58)19-30)32-12-13-41-37(22-32)38(44(56(41)9-2)35-18-31(24-50)25-51-26-35)23-49(5,6)28-64-48(63)39-11-10-15-57(53-39)47(40)62/h8,12-13,17-19,21-22,25-26,29,33,39-40,43,53,58H,1,9-11,14-16,20,23,27-28H2,2-7H3,(H,52,60)/t33-,39-,40-,43?/m0/s1. The number of fused-ring (bicyclic) bond motifs is 6. The van der Waals surface area contributed by atoms with Crippen LogP contribution < -0.4 is 10.7 Å². The first-order valence-corrected chi connectivity index (χ1v) is 22.1. The lowest BCUT2D eigenvalue weighted by atomic mass is 9.84. The molecular formula is C49H58N8O7. The Morgan fingerprint density at radius 2 is 1.88 bits per heavy atom. The molecule has 2 aromatic carbocycles. The van der Waals surface area contributed by atoms with E-state index < -0.39 is 47.2 Å². The summed E-state index contributed by atoms with van der Waals surface area (Å²) in [6.07, 6.45) is 6.36. The highest BCUT2D eigenvalue weighted by molar-refractivity contribution is 5.96. The number of hydrogen-bond donors (Lipinski definition) is 3. The highest BCUT2D eigenvalue weighted by atomic mass is 16.5. The number of carbonyl (C=O) groups is 5. The van der Waals surface area contributed by atoms with Crippen molar-refractivity contribution in [3.63, 3.8) is 0 Å². The monoisotopic (exact) mass is 870 g/mol. The van der Waals surface area contributed by atoms with Gasteiger partial charge < -0.3 is 29.5 Å². The van der Waals surface area contributed by atoms with Crippen molar-refractivity contribution in [3.8, 4) is 34.2 Å². The van der Waals surface area contributed by atoms with Crippen molar-refractivity contribution in [3.05, 3.63) is 84.2 Å². The fraction of sp³-hybridized carbons (Fsp3) is 0.449. The molecule has 6 bridgehead atoms. The first-order chi connectivity index (χ1) is 30.5. The molecule has 0 spiro atoms. The fourth-order valence-corrected chi connectivity index (χ4v) is 9.56. The van der Waals surface area contributed by atoms with Crippen LogP contribution in [0.1, 0.15) is 70.6 Å². The molecule has 3 aliphatic heterocycles. The number of benzene rings is 2. The van der Waals surface area contributed by atoms with Crippen LogP contribution in [0.15, 0.2) is 67.5 Å². The summed E-state index contributed by atoms with van der Waals surface area (Å²) >= 11 is 0. The van der Waals surface area contributed by atoms with Crippen molar-refractivity contribution in [1.29, 1.82) is 5.26 Å². The lowest BCUT2D eigenvalue weighted by molar-refractivity contribution is -0.155. The predicted molar refractivity (Wildman–Crippen MR) is 241 cm³/mol. The molecule has 64 heavy (non-hydrogen) atoms. The number of carbonyl (C=O) groups excluding carboxylic acids is 5. The van der Waals surface area contributed by atoms with Gasteiger partial charge in [0.15, 0.2) is 0 Å². The number of ether oxygens (including phenoxy) is 1. The van der Waals surface area contributed by atoms with E-state index in [1.807, 2.05) is 52.0 Å². The van der Waals surface area contributed by atoms with Crippen LogP contribution in [-0.2, 0) is 48.1 Å². The van der Waals surface area contributed by atoms with Crippen LogP contribution in [0.25, 0.3) is 33.3 Å². The molecule has 15 heteroatoms. The second-order valence-electron chi connectivity index (χ2n) is 18.4. The minimum atomic E-state index is -1.17. The zero-order valence-corrected chi connectivity index (χ0v) is 37.5. The van der Waals surface area contributed by atoms with Gasteiger partial charge in [0.05, 0.1) is 23.8 Å². The lowest BCUT2D eigenvalue weighted by Gasteiger charge is -2.37. The van der Waals surface area contributed by atoms with Crippen LogP contribution in [0.5, 0.6) is 5.75 Å². The molecule has 1 unspecified atom stereocenters. The normalized spacial score (nSPS) is 20.6. The molecule has 3 aliphatic rings. The second kappa shape index (κ2) is 18.7. The molecule has 4 aromatic rings. The summed E-state index contributed by atoms with van der Waals surface area (Å²) in [5.41, 5.74) is 8.66. The maximum absolute atomic E-state index is 14.7. The Morgan fingerprint density at radius 3 is 2.59 bits per heavy atom. The van der Waals surface area contributed by atoms with E-state index in [1.54, 1.807) is 30.3 Å². The number of rotatable bonds is 8. The Kier molecular flexibility index (Phi) is 13.3. The summed E-state index contributed by atoms with van der Waals surface area (Å²) in [4.78, 5) is 76.5. The van der Waals surface area contributed by atoms with Gasteiger partial charge in [-0.1, -0.05) is 46.4 Å². The van der Waals surface area contributed by atoms with Crippen LogP contribution >= 0.6 is 0 Å². The van der Waals surface area contributed by atoms with E-state index in [-0.39, 0.29) is 49.6 Å². The number of phenols is 1. The summed E-state index contributed by atoms with van der Waals surface area (Å²) in [7, 11) is 1.57. The third kappa shape index (κ3) is 9.38. The molecule has 4 atom stereocenters. The molecular weight excluding hydrogens is 813 g/mol. The van der Waals surface area contributed by atoms with Crippen molar-refractivity contribution >= 4 is 40.5 Å². The SMILES string of the molecule is C=CC(=O)N1CC[C@H](C(=O)N(C)C(C(=O)N[C@H]2Cc3cc(O)cc(c3)-c3ccc4c(c3)c(c(-c3cncc(C#N)c3)n4CC)CC(C)(C)COC(=O)[C@@H]3CCCN(N3)C2=O)C(C)C)C1. The lowest BCUT2D eigenvalue weighted by Crippen LogP contribution is -2.62. The van der Waals surface area contributed by atoms with E-state index in [4.69, 9.17) is 4.74 Å². The van der Waals surface area contributed by atoms with Crippen LogP contribution in [0, 0.1) is 28.6 Å². The van der Waals surface area contributed by atoms with Crippen LogP contribution in [0.2, 0.25) is 0 Å². The van der Waals surface area contributed by atoms with Gasteiger partial charge in [-0.15, -0.1) is 0 Å². The number of esters is 1. The molecule has 336 valence electrons. The Bertz CT molecular complexity index is 2540. The van der Waals surface area contributed by atoms with Crippen molar-refractivity contribution in [2.45, 2.75) is 91.4 Å². The molecule has 0 radical (unpaired) electrons. The molecule has 2 aromatic heterocycles. The second-order valence-corrected chi connectivity index (χ2v) is 18.4. The molecule has 3 N–H and O–H groups in total. The first kappa shape index (κ1) is 45.5. The maximum atomic E-state index is 14.7. The average Bonchev–Trinajstić information content (AvgIpc) is 3.89. The molecule has 0 saturated carbocycles. The van der Waals surface area contributed by atoms with Gasteiger partial charge in [0.25, 0.3) is 5.91 Å². The van der Waals surface area contributed by atoms with Crippen LogP contribution in [-0.4, -0.2) is 110 Å². The van der Waals surface area contributed by atoms with Gasteiger partial charge >= 0.3 is 5.97 Å². The van der Waals surface area contributed by atoms with Gasteiger partial charge in [-0.25, -0.2) is 5.43 Å². The molecule has 7 rings (SSSR count). The minimum absolute atomic E-state index is 0.0245. The van der Waals surface area contributed by atoms with Gasteiger partial charge in [0.1, 0.15) is 29.9 Å². The zero-order chi connectivity index (χ0) is 46.0. The van der Waals surface area contributed by atoms with E-state index in [9.17, 15) is 34.3 Å². The zero-order valence-electron chi connectivity index (χ0n) is 37.5. The number of aromatic nitrogens is 2. The van der Waals surface area contributed by atoms with Gasteiger partial charge in [-0.2, -0.15) is 5.26 Å². The molecule has 15 nitrogen and oxygen atoms in total. The van der Waals surface area contributed by atoms with E-state index in [0.29, 0.717) is 55.5 Å². The Hall–Kier alpha value is -6.53. The maximum Gasteiger partial charge on any atom is 0.324 e. The van der Waals surface area contributed by atoms with Crippen molar-refractivity contribution in [2.75, 3.05) is 33.3 Å². The number of nitrogens with one attached hydrogen (secondary N) is 2. The number of likely N-dealkylation sites (tertiary alicyclic amines) is 1. The predicted octanol–water partition coefficient (Wildman–Crippen LogP) is 5.13. The fourth-order valence-electron chi connectivity index (χ4n) is 9.56. The quantitative estimate of drug-likeness (QED) is 0.158. The number of nitriles is 1. The van der Waals surface area contributed by atoms with Gasteiger partial charge in [0.2, 0.25) is 17.7 Å². The number of amides is 4. The van der Waals surface area contributed by atoms with Crippen LogP contribution in [0.3, 0.4) is 0 Å². The number of phenolic OH excluding ortho intramolecular Hbond substituents is 1. The average molecular weight is 871 g/mol. The van der Waals surface area contributed by atoms with E-state index >= 15 is 0 Å². The molecule has 4 amide bonds. The van der Waals surface area contributed by atoms with Gasteiger partial charge in [0, 0.05) is 73.9 Å². The van der Waals surface area contributed by atoms with E-state index in [2.05, 4.69) is 45.9 Å². The summed E-state index contributed by atoms with van der Waals surface area (Å²) in [5, 5.41) is 26.3. The van der Waals surface area contributed by atoms with Crippen LogP contribution in [0.4, 0.5) is 0 Å². The van der Waals surface area contributed by atoms with Crippen molar-refractivity contribution in [2.24, 2.45) is 17.3 Å². The largest absolute Gasteiger partial charge is 0.508 e.